The van der Waals surface area contributed by atoms with Crippen molar-refractivity contribution >= 4 is 17.7 Å². The number of ether oxygens (including phenoxy) is 1. The molecule has 0 saturated carbocycles. The summed E-state index contributed by atoms with van der Waals surface area (Å²) in [6.45, 7) is 2.55. The molecule has 0 radical (unpaired) electrons. The molecule has 0 unspecified atom stereocenters. The molecule has 0 aliphatic carbocycles. The van der Waals surface area contributed by atoms with E-state index in [-0.39, 0.29) is 5.97 Å². The number of hydrogen-bond acceptors (Lipinski definition) is 4. The first-order valence-electron chi connectivity index (χ1n) is 4.13. The van der Waals surface area contributed by atoms with Gasteiger partial charge in [0.1, 0.15) is 6.04 Å². The summed E-state index contributed by atoms with van der Waals surface area (Å²) in [7, 11) is 0. The zero-order valence-electron chi connectivity index (χ0n) is 7.71. The maximum atomic E-state index is 11.0. The Morgan fingerprint density at radius 1 is 1.67 bits per heavy atom. The molecule has 0 spiro atoms. The van der Waals surface area contributed by atoms with E-state index >= 15 is 0 Å². The number of carbonyl (C=O) groups is 1. The van der Waals surface area contributed by atoms with E-state index < -0.39 is 6.04 Å². The average molecular weight is 191 g/mol. The Morgan fingerprint density at radius 2 is 2.33 bits per heavy atom. The highest BCUT2D eigenvalue weighted by atomic mass is 32.2. The standard InChI is InChI=1S/C8H17NO2S/c1-3-4-5-11-8(10)7(9)6-12-2/h7H,3-6,9H2,1-2H3/t7-/m0/s1. The highest BCUT2D eigenvalue weighted by molar-refractivity contribution is 7.98. The van der Waals surface area contributed by atoms with E-state index in [0.29, 0.717) is 12.4 Å². The fraction of sp³-hybridized carbons (Fsp3) is 0.875. The number of rotatable bonds is 6. The Morgan fingerprint density at radius 3 is 2.83 bits per heavy atom. The van der Waals surface area contributed by atoms with E-state index in [4.69, 9.17) is 10.5 Å². The van der Waals surface area contributed by atoms with Crippen LogP contribution >= 0.6 is 11.8 Å². The van der Waals surface area contributed by atoms with Crippen LogP contribution in [0.1, 0.15) is 19.8 Å². The third kappa shape index (κ3) is 5.43. The number of nitrogens with two attached hydrogens (primary N) is 1. The predicted octanol–water partition coefficient (Wildman–Crippen LogP) is 1.02. The quantitative estimate of drug-likeness (QED) is 0.503. The van der Waals surface area contributed by atoms with Gasteiger partial charge in [-0.05, 0) is 12.7 Å². The van der Waals surface area contributed by atoms with Crippen LogP contribution < -0.4 is 5.73 Å². The lowest BCUT2D eigenvalue weighted by Crippen LogP contribution is -2.34. The van der Waals surface area contributed by atoms with Crippen molar-refractivity contribution in [2.24, 2.45) is 5.73 Å². The Hall–Kier alpha value is -0.220. The molecule has 0 aliphatic rings. The number of esters is 1. The van der Waals surface area contributed by atoms with Crippen LogP contribution in [0.4, 0.5) is 0 Å². The fourth-order valence-corrected chi connectivity index (χ4v) is 1.17. The summed E-state index contributed by atoms with van der Waals surface area (Å²) in [5, 5.41) is 0. The van der Waals surface area contributed by atoms with Crippen molar-refractivity contribution in [1.82, 2.24) is 0 Å². The number of thioether (sulfide) groups is 1. The summed E-state index contributed by atoms with van der Waals surface area (Å²) >= 11 is 1.55. The first-order valence-corrected chi connectivity index (χ1v) is 5.53. The van der Waals surface area contributed by atoms with Crippen molar-refractivity contribution < 1.29 is 9.53 Å². The molecule has 72 valence electrons. The normalized spacial score (nSPS) is 12.6. The molecule has 2 N–H and O–H groups in total. The highest BCUT2D eigenvalue weighted by Gasteiger charge is 2.13. The van der Waals surface area contributed by atoms with Gasteiger partial charge in [-0.25, -0.2) is 0 Å². The topological polar surface area (TPSA) is 52.3 Å². The summed E-state index contributed by atoms with van der Waals surface area (Å²) in [5.41, 5.74) is 5.51. The van der Waals surface area contributed by atoms with Crippen LogP contribution in [-0.2, 0) is 9.53 Å². The van der Waals surface area contributed by atoms with Gasteiger partial charge in [0.15, 0.2) is 0 Å². The van der Waals surface area contributed by atoms with Crippen molar-refractivity contribution in [1.29, 1.82) is 0 Å². The van der Waals surface area contributed by atoms with Gasteiger partial charge in [0.05, 0.1) is 6.61 Å². The molecular formula is C8H17NO2S. The van der Waals surface area contributed by atoms with Gasteiger partial charge in [0.2, 0.25) is 0 Å². The van der Waals surface area contributed by atoms with Gasteiger partial charge in [-0.15, -0.1) is 0 Å². The summed E-state index contributed by atoms with van der Waals surface area (Å²) in [5.74, 6) is 0.350. The van der Waals surface area contributed by atoms with E-state index in [9.17, 15) is 4.79 Å². The summed E-state index contributed by atoms with van der Waals surface area (Å²) in [6.07, 6.45) is 3.86. The Balaban J connectivity index is 3.43. The Bertz CT molecular complexity index is 130. The van der Waals surface area contributed by atoms with E-state index in [1.807, 2.05) is 6.26 Å². The number of hydrogen-bond donors (Lipinski definition) is 1. The molecule has 3 nitrogen and oxygen atoms in total. The smallest absolute Gasteiger partial charge is 0.323 e. The van der Waals surface area contributed by atoms with Gasteiger partial charge in [-0.2, -0.15) is 11.8 Å². The van der Waals surface area contributed by atoms with E-state index in [1.165, 1.54) is 0 Å². The predicted molar refractivity (Wildman–Crippen MR) is 52.2 cm³/mol. The minimum absolute atomic E-state index is 0.280. The molecule has 12 heavy (non-hydrogen) atoms. The highest BCUT2D eigenvalue weighted by Crippen LogP contribution is 1.97. The van der Waals surface area contributed by atoms with Crippen LogP contribution in [0, 0.1) is 0 Å². The van der Waals surface area contributed by atoms with Crippen LogP contribution in [0.25, 0.3) is 0 Å². The first kappa shape index (κ1) is 11.8. The van der Waals surface area contributed by atoms with Gasteiger partial charge >= 0.3 is 5.97 Å². The fourth-order valence-electron chi connectivity index (χ4n) is 0.672. The monoisotopic (exact) mass is 191 g/mol. The third-order valence-corrected chi connectivity index (χ3v) is 2.08. The summed E-state index contributed by atoms with van der Waals surface area (Å²) < 4.78 is 4.92. The minimum atomic E-state index is -0.461. The molecule has 0 saturated heterocycles. The van der Waals surface area contributed by atoms with Crippen LogP contribution in [0.15, 0.2) is 0 Å². The van der Waals surface area contributed by atoms with Gasteiger partial charge < -0.3 is 10.5 Å². The SMILES string of the molecule is CCCCOC(=O)[C@@H](N)CSC. The molecule has 0 fully saturated rings. The van der Waals surface area contributed by atoms with Crippen LogP contribution in [-0.4, -0.2) is 30.6 Å². The first-order chi connectivity index (χ1) is 5.72. The molecule has 0 aromatic rings. The molecule has 0 amide bonds. The molecule has 4 heteroatoms. The summed E-state index contributed by atoms with van der Waals surface area (Å²) in [6, 6.07) is -0.461. The molecule has 0 aliphatic heterocycles. The van der Waals surface area contributed by atoms with E-state index in [1.54, 1.807) is 11.8 Å². The summed E-state index contributed by atoms with van der Waals surface area (Å²) in [4.78, 5) is 11.0. The number of carbonyl (C=O) groups excluding carboxylic acids is 1. The van der Waals surface area contributed by atoms with E-state index in [2.05, 4.69) is 6.92 Å². The molecule has 0 aromatic heterocycles. The van der Waals surface area contributed by atoms with Gasteiger partial charge in [0, 0.05) is 5.75 Å². The van der Waals surface area contributed by atoms with Crippen molar-refractivity contribution in [3.05, 3.63) is 0 Å². The zero-order chi connectivity index (χ0) is 9.40. The van der Waals surface area contributed by atoms with Crippen LogP contribution in [0.5, 0.6) is 0 Å². The third-order valence-electron chi connectivity index (χ3n) is 1.39. The second-order valence-electron chi connectivity index (χ2n) is 2.58. The van der Waals surface area contributed by atoms with Crippen molar-refractivity contribution in [3.63, 3.8) is 0 Å². The zero-order valence-corrected chi connectivity index (χ0v) is 8.52. The second kappa shape index (κ2) is 7.43. The molecule has 0 rings (SSSR count). The lowest BCUT2D eigenvalue weighted by atomic mass is 10.3. The molecule has 0 heterocycles. The molecule has 1 atom stereocenters. The van der Waals surface area contributed by atoms with Gasteiger partial charge in [-0.3, -0.25) is 4.79 Å². The van der Waals surface area contributed by atoms with E-state index in [0.717, 1.165) is 12.8 Å². The van der Waals surface area contributed by atoms with Crippen LogP contribution in [0.2, 0.25) is 0 Å². The Labute approximate surface area is 78.0 Å². The van der Waals surface area contributed by atoms with Crippen molar-refractivity contribution in [3.8, 4) is 0 Å². The van der Waals surface area contributed by atoms with Crippen molar-refractivity contribution in [2.45, 2.75) is 25.8 Å². The molecular weight excluding hydrogens is 174 g/mol. The Kier molecular flexibility index (Phi) is 7.29. The number of unbranched alkanes of at least 4 members (excludes halogenated alkanes) is 1. The maximum Gasteiger partial charge on any atom is 0.323 e. The minimum Gasteiger partial charge on any atom is -0.465 e. The van der Waals surface area contributed by atoms with Crippen LogP contribution in [0.3, 0.4) is 0 Å². The van der Waals surface area contributed by atoms with Crippen molar-refractivity contribution in [2.75, 3.05) is 18.6 Å². The largest absolute Gasteiger partial charge is 0.465 e. The molecule has 0 aromatic carbocycles. The van der Waals surface area contributed by atoms with Gasteiger partial charge in [0.25, 0.3) is 0 Å². The second-order valence-corrected chi connectivity index (χ2v) is 3.49. The van der Waals surface area contributed by atoms with Gasteiger partial charge in [-0.1, -0.05) is 13.3 Å². The molecule has 0 bridgehead atoms. The lowest BCUT2D eigenvalue weighted by molar-refractivity contribution is -0.144. The maximum absolute atomic E-state index is 11.0. The lowest BCUT2D eigenvalue weighted by Gasteiger charge is -2.09. The average Bonchev–Trinajstić information content (AvgIpc) is 2.05.